The summed E-state index contributed by atoms with van der Waals surface area (Å²) in [5.74, 6) is 0.705. The molecular weight excluding hydrogens is 214 g/mol. The van der Waals surface area contributed by atoms with Gasteiger partial charge < -0.3 is 15.8 Å². The number of nitrogens with one attached hydrogen (secondary N) is 1. The van der Waals surface area contributed by atoms with Crippen LogP contribution in [-0.4, -0.2) is 24.7 Å². The molecule has 4 nitrogen and oxygen atoms in total. The van der Waals surface area contributed by atoms with Gasteiger partial charge >= 0.3 is 0 Å². The van der Waals surface area contributed by atoms with Crippen molar-refractivity contribution in [1.82, 2.24) is 4.98 Å². The van der Waals surface area contributed by atoms with Gasteiger partial charge in [-0.3, -0.25) is 0 Å². The third kappa shape index (κ3) is 4.85. The number of hydrogen-bond acceptors (Lipinski definition) is 4. The molecule has 0 aliphatic heterocycles. The van der Waals surface area contributed by atoms with Crippen LogP contribution in [0.2, 0.25) is 5.15 Å². The molecule has 3 N–H and O–H groups in total. The largest absolute Gasteiger partial charge is 0.399 e. The van der Waals surface area contributed by atoms with Gasteiger partial charge in [-0.15, -0.1) is 0 Å². The van der Waals surface area contributed by atoms with Crippen molar-refractivity contribution in [2.45, 2.75) is 13.3 Å². The normalized spacial score (nSPS) is 10.3. The second kappa shape index (κ2) is 6.48. The second-order valence-corrected chi connectivity index (χ2v) is 3.47. The minimum atomic E-state index is 0.405. The number of hydrogen-bond donors (Lipinski definition) is 2. The highest BCUT2D eigenvalue weighted by Gasteiger charge is 1.97. The van der Waals surface area contributed by atoms with Crippen molar-refractivity contribution in [3.63, 3.8) is 0 Å². The average Bonchev–Trinajstić information content (AvgIpc) is 2.16. The highest BCUT2D eigenvalue weighted by Crippen LogP contribution is 2.15. The smallest absolute Gasteiger partial charge is 0.133 e. The predicted molar refractivity (Wildman–Crippen MR) is 63.3 cm³/mol. The number of aromatic nitrogens is 1. The fourth-order valence-corrected chi connectivity index (χ4v) is 1.36. The quantitative estimate of drug-likeness (QED) is 0.580. The van der Waals surface area contributed by atoms with Gasteiger partial charge in [0.05, 0.1) is 0 Å². The Morgan fingerprint density at radius 2 is 2.33 bits per heavy atom. The van der Waals surface area contributed by atoms with Crippen LogP contribution in [0.1, 0.15) is 13.3 Å². The first-order chi connectivity index (χ1) is 7.22. The number of rotatable bonds is 6. The van der Waals surface area contributed by atoms with Crippen LogP contribution in [0.25, 0.3) is 0 Å². The molecule has 0 saturated carbocycles. The van der Waals surface area contributed by atoms with Crippen LogP contribution < -0.4 is 11.1 Å². The van der Waals surface area contributed by atoms with Gasteiger partial charge in [0, 0.05) is 31.5 Å². The molecule has 1 aromatic rings. The zero-order valence-electron chi connectivity index (χ0n) is 8.79. The Labute approximate surface area is 94.8 Å². The van der Waals surface area contributed by atoms with E-state index in [0.717, 1.165) is 26.2 Å². The molecule has 0 unspecified atom stereocenters. The topological polar surface area (TPSA) is 60.2 Å². The molecule has 0 amide bonds. The highest BCUT2D eigenvalue weighted by atomic mass is 35.5. The van der Waals surface area contributed by atoms with Gasteiger partial charge in [-0.1, -0.05) is 11.6 Å². The summed E-state index contributed by atoms with van der Waals surface area (Å²) in [7, 11) is 0. The van der Waals surface area contributed by atoms with Crippen LogP contribution in [0.3, 0.4) is 0 Å². The van der Waals surface area contributed by atoms with Crippen molar-refractivity contribution in [1.29, 1.82) is 0 Å². The zero-order chi connectivity index (χ0) is 11.1. The maximum atomic E-state index is 5.76. The third-order valence-corrected chi connectivity index (χ3v) is 1.99. The van der Waals surface area contributed by atoms with Gasteiger partial charge in [-0.05, 0) is 19.4 Å². The molecule has 0 saturated heterocycles. The molecule has 5 heteroatoms. The molecule has 0 spiro atoms. The molecular formula is C10H16ClN3O. The summed E-state index contributed by atoms with van der Waals surface area (Å²) < 4.78 is 5.21. The molecule has 0 atom stereocenters. The molecule has 1 rings (SSSR count). The van der Waals surface area contributed by atoms with E-state index < -0.39 is 0 Å². The lowest BCUT2D eigenvalue weighted by Crippen LogP contribution is -2.07. The summed E-state index contributed by atoms with van der Waals surface area (Å²) in [6, 6.07) is 3.37. The fraction of sp³-hybridized carbons (Fsp3) is 0.500. The van der Waals surface area contributed by atoms with Crippen molar-refractivity contribution in [3.8, 4) is 0 Å². The van der Waals surface area contributed by atoms with Gasteiger partial charge in [0.1, 0.15) is 11.0 Å². The SMILES string of the molecule is CCOCCCNc1cc(N)cc(Cl)n1. The van der Waals surface area contributed by atoms with E-state index in [1.165, 1.54) is 0 Å². The first-order valence-electron chi connectivity index (χ1n) is 4.97. The lowest BCUT2D eigenvalue weighted by Gasteiger charge is -2.06. The van der Waals surface area contributed by atoms with Crippen LogP contribution in [0.4, 0.5) is 11.5 Å². The lowest BCUT2D eigenvalue weighted by atomic mass is 10.4. The number of pyridine rings is 1. The number of anilines is 2. The maximum absolute atomic E-state index is 5.76. The molecule has 0 aliphatic carbocycles. The summed E-state index contributed by atoms with van der Waals surface area (Å²) in [5.41, 5.74) is 6.24. The number of nitrogens with two attached hydrogens (primary N) is 1. The van der Waals surface area contributed by atoms with Gasteiger partial charge in [0.15, 0.2) is 0 Å². The van der Waals surface area contributed by atoms with Crippen molar-refractivity contribution < 1.29 is 4.74 Å². The minimum absolute atomic E-state index is 0.405. The van der Waals surface area contributed by atoms with E-state index in [9.17, 15) is 0 Å². The van der Waals surface area contributed by atoms with Crippen molar-refractivity contribution >= 4 is 23.1 Å². The summed E-state index contributed by atoms with van der Waals surface area (Å²) in [5, 5.41) is 3.53. The van der Waals surface area contributed by atoms with Crippen molar-refractivity contribution in [2.24, 2.45) is 0 Å². The predicted octanol–water partition coefficient (Wildman–Crippen LogP) is 2.16. The van der Waals surface area contributed by atoms with E-state index in [0.29, 0.717) is 16.7 Å². The first-order valence-corrected chi connectivity index (χ1v) is 5.35. The third-order valence-electron chi connectivity index (χ3n) is 1.79. The Bertz CT molecular complexity index is 286. The highest BCUT2D eigenvalue weighted by molar-refractivity contribution is 6.29. The van der Waals surface area contributed by atoms with Crippen molar-refractivity contribution in [2.75, 3.05) is 30.8 Å². The van der Waals surface area contributed by atoms with E-state index >= 15 is 0 Å². The molecule has 0 aliphatic rings. The Kier molecular flexibility index (Phi) is 5.21. The average molecular weight is 230 g/mol. The molecule has 0 fully saturated rings. The summed E-state index contributed by atoms with van der Waals surface area (Å²) in [4.78, 5) is 4.09. The van der Waals surface area contributed by atoms with E-state index in [4.69, 9.17) is 22.1 Å². The number of ether oxygens (including phenoxy) is 1. The molecule has 1 heterocycles. The van der Waals surface area contributed by atoms with E-state index in [2.05, 4.69) is 10.3 Å². The Hall–Kier alpha value is -1.00. The van der Waals surface area contributed by atoms with Gasteiger partial charge in [-0.25, -0.2) is 4.98 Å². The molecule has 1 aromatic heterocycles. The summed E-state index contributed by atoms with van der Waals surface area (Å²) in [6.45, 7) is 4.28. The van der Waals surface area contributed by atoms with Crippen LogP contribution in [0.5, 0.6) is 0 Å². The lowest BCUT2D eigenvalue weighted by molar-refractivity contribution is 0.147. The minimum Gasteiger partial charge on any atom is -0.399 e. The fourth-order valence-electron chi connectivity index (χ4n) is 1.14. The molecule has 15 heavy (non-hydrogen) atoms. The zero-order valence-corrected chi connectivity index (χ0v) is 9.55. The molecule has 84 valence electrons. The number of nitrogens with zero attached hydrogens (tertiary/aromatic N) is 1. The van der Waals surface area contributed by atoms with E-state index in [1.807, 2.05) is 6.92 Å². The van der Waals surface area contributed by atoms with Crippen LogP contribution in [0.15, 0.2) is 12.1 Å². The van der Waals surface area contributed by atoms with Crippen molar-refractivity contribution in [3.05, 3.63) is 17.3 Å². The Balaban J connectivity index is 2.31. The Morgan fingerprint density at radius 1 is 1.53 bits per heavy atom. The van der Waals surface area contributed by atoms with Gasteiger partial charge in [0.25, 0.3) is 0 Å². The number of nitrogen functional groups attached to an aromatic ring is 1. The standard InChI is InChI=1S/C10H16ClN3O/c1-2-15-5-3-4-13-10-7-8(12)6-9(11)14-10/h6-7H,2-5H2,1H3,(H3,12,13,14). The van der Waals surface area contributed by atoms with E-state index in [1.54, 1.807) is 12.1 Å². The maximum Gasteiger partial charge on any atom is 0.133 e. The summed E-state index contributed by atoms with van der Waals surface area (Å²) >= 11 is 5.76. The Morgan fingerprint density at radius 3 is 3.00 bits per heavy atom. The van der Waals surface area contributed by atoms with Crippen LogP contribution in [0, 0.1) is 0 Å². The second-order valence-electron chi connectivity index (χ2n) is 3.09. The molecule has 0 radical (unpaired) electrons. The first kappa shape index (κ1) is 12.1. The van der Waals surface area contributed by atoms with Gasteiger partial charge in [0.2, 0.25) is 0 Å². The number of halogens is 1. The monoisotopic (exact) mass is 229 g/mol. The molecule has 0 aromatic carbocycles. The van der Waals surface area contributed by atoms with Crippen LogP contribution in [-0.2, 0) is 4.74 Å². The van der Waals surface area contributed by atoms with Gasteiger partial charge in [-0.2, -0.15) is 0 Å². The van der Waals surface area contributed by atoms with Crippen LogP contribution >= 0.6 is 11.6 Å². The van der Waals surface area contributed by atoms with E-state index in [-0.39, 0.29) is 0 Å². The summed E-state index contributed by atoms with van der Waals surface area (Å²) in [6.07, 6.45) is 0.932. The molecule has 0 bridgehead atoms.